The van der Waals surface area contributed by atoms with Crippen molar-refractivity contribution < 1.29 is 9.53 Å². The second-order valence-electron chi connectivity index (χ2n) is 6.63. The van der Waals surface area contributed by atoms with Crippen LogP contribution in [0.25, 0.3) is 10.7 Å². The van der Waals surface area contributed by atoms with Crippen LogP contribution in [0.5, 0.6) is 5.75 Å². The number of aromatic nitrogens is 4. The Morgan fingerprint density at radius 2 is 2.26 bits per heavy atom. The largest absolute Gasteiger partial charge is 0.484 e. The van der Waals surface area contributed by atoms with Gasteiger partial charge in [-0.1, -0.05) is 18.2 Å². The van der Waals surface area contributed by atoms with Gasteiger partial charge in [-0.15, -0.1) is 21.5 Å². The quantitative estimate of drug-likeness (QED) is 0.654. The van der Waals surface area contributed by atoms with E-state index in [9.17, 15) is 4.79 Å². The van der Waals surface area contributed by atoms with Crippen LogP contribution >= 0.6 is 11.3 Å². The van der Waals surface area contributed by atoms with Gasteiger partial charge in [0.25, 0.3) is 5.91 Å². The zero-order valence-corrected chi connectivity index (χ0v) is 15.9. The van der Waals surface area contributed by atoms with Crippen LogP contribution in [-0.2, 0) is 11.3 Å². The summed E-state index contributed by atoms with van der Waals surface area (Å²) in [5.41, 5.74) is 1.11. The number of aryl methyl sites for hydroxylation is 1. The minimum Gasteiger partial charge on any atom is -0.484 e. The van der Waals surface area contributed by atoms with Crippen LogP contribution in [-0.4, -0.2) is 50.2 Å². The summed E-state index contributed by atoms with van der Waals surface area (Å²) in [5.74, 6) is 1.35. The Balaban J connectivity index is 1.36. The van der Waals surface area contributed by atoms with Crippen LogP contribution in [0.2, 0.25) is 0 Å². The molecule has 1 atom stereocenters. The van der Waals surface area contributed by atoms with Crippen LogP contribution < -0.4 is 4.74 Å². The molecule has 0 aliphatic carbocycles. The van der Waals surface area contributed by atoms with Gasteiger partial charge in [0.1, 0.15) is 5.75 Å². The minimum absolute atomic E-state index is 0.00222. The van der Waals surface area contributed by atoms with Gasteiger partial charge in [0.15, 0.2) is 6.61 Å². The number of rotatable bonds is 6. The average Bonchev–Trinajstić information content (AvgIpc) is 3.41. The average molecular weight is 383 g/mol. The summed E-state index contributed by atoms with van der Waals surface area (Å²) in [7, 11) is 0. The SMILES string of the molecule is Cc1cccc(OCC(=O)N2CCC[C@@H]2Cn2nnc(-c3cccs3)n2)c1. The topological polar surface area (TPSA) is 73.1 Å². The number of nitrogens with zero attached hydrogens (tertiary/aromatic N) is 5. The predicted octanol–water partition coefficient (Wildman–Crippen LogP) is 2.78. The molecule has 1 saturated heterocycles. The van der Waals surface area contributed by atoms with E-state index in [4.69, 9.17) is 4.74 Å². The van der Waals surface area contributed by atoms with E-state index >= 15 is 0 Å². The first kappa shape index (κ1) is 17.7. The number of carbonyl (C=O) groups is 1. The van der Waals surface area contributed by atoms with Crippen molar-refractivity contribution in [2.45, 2.75) is 32.4 Å². The van der Waals surface area contributed by atoms with Crippen molar-refractivity contribution in [1.29, 1.82) is 0 Å². The molecule has 0 unspecified atom stereocenters. The van der Waals surface area contributed by atoms with E-state index in [0.29, 0.717) is 12.4 Å². The second kappa shape index (κ2) is 7.87. The van der Waals surface area contributed by atoms with Gasteiger partial charge < -0.3 is 9.64 Å². The third-order valence-corrected chi connectivity index (χ3v) is 5.48. The van der Waals surface area contributed by atoms with Gasteiger partial charge in [0, 0.05) is 6.54 Å². The van der Waals surface area contributed by atoms with Crippen molar-refractivity contribution in [3.8, 4) is 16.5 Å². The lowest BCUT2D eigenvalue weighted by atomic mass is 10.2. The van der Waals surface area contributed by atoms with Crippen molar-refractivity contribution >= 4 is 17.2 Å². The number of ether oxygens (including phenoxy) is 1. The second-order valence-corrected chi connectivity index (χ2v) is 7.58. The molecule has 3 aromatic rings. The molecule has 3 heterocycles. The van der Waals surface area contributed by atoms with Crippen LogP contribution in [0.4, 0.5) is 0 Å². The third kappa shape index (κ3) is 4.16. The monoisotopic (exact) mass is 383 g/mol. The smallest absolute Gasteiger partial charge is 0.260 e. The number of tetrazole rings is 1. The first-order valence-corrected chi connectivity index (χ1v) is 9.87. The van der Waals surface area contributed by atoms with Gasteiger partial charge in [-0.2, -0.15) is 4.80 Å². The molecule has 2 aromatic heterocycles. The van der Waals surface area contributed by atoms with E-state index in [0.717, 1.165) is 35.6 Å². The highest BCUT2D eigenvalue weighted by Gasteiger charge is 2.30. The van der Waals surface area contributed by atoms with E-state index in [1.807, 2.05) is 53.6 Å². The number of hydrogen-bond acceptors (Lipinski definition) is 6. The van der Waals surface area contributed by atoms with Gasteiger partial charge >= 0.3 is 0 Å². The van der Waals surface area contributed by atoms with E-state index in [1.165, 1.54) is 0 Å². The Bertz CT molecular complexity index is 908. The standard InChI is InChI=1S/C19H21N5O2S/c1-14-5-2-7-16(11-14)26-13-18(25)23-9-3-6-15(23)12-24-21-19(20-22-24)17-8-4-10-27-17/h2,4-5,7-8,10-11,15H,3,6,9,12-13H2,1H3/t15-/m1/s1. The van der Waals surface area contributed by atoms with Gasteiger partial charge in [0.2, 0.25) is 5.82 Å². The molecule has 27 heavy (non-hydrogen) atoms. The maximum absolute atomic E-state index is 12.6. The van der Waals surface area contributed by atoms with Crippen LogP contribution in [0.15, 0.2) is 41.8 Å². The van der Waals surface area contributed by atoms with Gasteiger partial charge in [-0.25, -0.2) is 0 Å². The maximum atomic E-state index is 12.6. The molecular weight excluding hydrogens is 362 g/mol. The van der Waals surface area contributed by atoms with E-state index < -0.39 is 0 Å². The number of carbonyl (C=O) groups excluding carboxylic acids is 1. The van der Waals surface area contributed by atoms with E-state index in [-0.39, 0.29) is 18.6 Å². The molecule has 0 saturated carbocycles. The van der Waals surface area contributed by atoms with Crippen LogP contribution in [0, 0.1) is 6.92 Å². The van der Waals surface area contributed by atoms with Crippen LogP contribution in [0.1, 0.15) is 18.4 Å². The number of benzene rings is 1. The van der Waals surface area contributed by atoms with Gasteiger partial charge in [-0.05, 0) is 54.1 Å². The summed E-state index contributed by atoms with van der Waals surface area (Å²) in [5, 5.41) is 14.7. The first-order valence-electron chi connectivity index (χ1n) is 8.99. The lowest BCUT2D eigenvalue weighted by Crippen LogP contribution is -2.41. The number of thiophene rings is 1. The molecule has 0 N–H and O–H groups in total. The molecule has 4 rings (SSSR count). The lowest BCUT2D eigenvalue weighted by molar-refractivity contribution is -0.134. The fraction of sp³-hybridized carbons (Fsp3) is 0.368. The Hall–Kier alpha value is -2.74. The number of hydrogen-bond donors (Lipinski definition) is 0. The minimum atomic E-state index is -0.00222. The zero-order valence-electron chi connectivity index (χ0n) is 15.1. The fourth-order valence-corrected chi connectivity index (χ4v) is 3.95. The zero-order chi connectivity index (χ0) is 18.6. The Kier molecular flexibility index (Phi) is 5.15. The first-order chi connectivity index (χ1) is 13.2. The summed E-state index contributed by atoms with van der Waals surface area (Å²) < 4.78 is 5.67. The molecule has 1 amide bonds. The fourth-order valence-electron chi connectivity index (χ4n) is 3.30. The molecule has 0 radical (unpaired) electrons. The summed E-state index contributed by atoms with van der Waals surface area (Å²) in [6.07, 6.45) is 1.92. The molecule has 1 aliphatic rings. The Labute approximate surface area is 161 Å². The highest BCUT2D eigenvalue weighted by molar-refractivity contribution is 7.13. The number of likely N-dealkylation sites (tertiary alicyclic amines) is 1. The van der Waals surface area contributed by atoms with Gasteiger partial charge in [0.05, 0.1) is 17.5 Å². The van der Waals surface area contributed by atoms with Crippen molar-refractivity contribution in [2.24, 2.45) is 0 Å². The molecular formula is C19H21N5O2S. The highest BCUT2D eigenvalue weighted by Crippen LogP contribution is 2.22. The van der Waals surface area contributed by atoms with Crippen molar-refractivity contribution in [2.75, 3.05) is 13.2 Å². The van der Waals surface area contributed by atoms with E-state index in [1.54, 1.807) is 16.1 Å². The Morgan fingerprint density at radius 3 is 3.07 bits per heavy atom. The maximum Gasteiger partial charge on any atom is 0.260 e. The molecule has 7 nitrogen and oxygen atoms in total. The van der Waals surface area contributed by atoms with Crippen molar-refractivity contribution in [3.63, 3.8) is 0 Å². The molecule has 140 valence electrons. The Morgan fingerprint density at radius 1 is 1.33 bits per heavy atom. The summed E-state index contributed by atoms with van der Waals surface area (Å²) in [4.78, 5) is 17.1. The van der Waals surface area contributed by atoms with Crippen LogP contribution in [0.3, 0.4) is 0 Å². The predicted molar refractivity (Wildman–Crippen MR) is 103 cm³/mol. The highest BCUT2D eigenvalue weighted by atomic mass is 32.1. The summed E-state index contributed by atoms with van der Waals surface area (Å²) >= 11 is 1.58. The van der Waals surface area contributed by atoms with Crippen molar-refractivity contribution in [1.82, 2.24) is 25.1 Å². The van der Waals surface area contributed by atoms with Crippen molar-refractivity contribution in [3.05, 3.63) is 47.3 Å². The molecule has 1 aromatic carbocycles. The summed E-state index contributed by atoms with van der Waals surface area (Å²) in [6.45, 7) is 3.34. The van der Waals surface area contributed by atoms with E-state index in [2.05, 4.69) is 15.4 Å². The lowest BCUT2D eigenvalue weighted by Gasteiger charge is -2.24. The molecule has 8 heteroatoms. The molecule has 1 fully saturated rings. The third-order valence-electron chi connectivity index (χ3n) is 4.62. The molecule has 0 spiro atoms. The molecule has 0 bridgehead atoms. The molecule has 1 aliphatic heterocycles. The summed E-state index contributed by atoms with van der Waals surface area (Å²) in [6, 6.07) is 11.7. The van der Waals surface area contributed by atoms with Gasteiger partial charge in [-0.3, -0.25) is 4.79 Å². The number of amides is 1. The normalized spacial score (nSPS) is 16.6.